The molecule has 1 heteroatoms. The fourth-order valence-corrected chi connectivity index (χ4v) is 7.96. The third-order valence-electron chi connectivity index (χ3n) is 10.0. The average Bonchev–Trinajstić information content (AvgIpc) is 3.49. The van der Waals surface area contributed by atoms with Gasteiger partial charge < -0.3 is 4.74 Å². The predicted molar refractivity (Wildman–Crippen MR) is 213 cm³/mol. The second kappa shape index (κ2) is 12.1. The maximum Gasteiger partial charge on any atom is 0.119 e. The van der Waals surface area contributed by atoms with Gasteiger partial charge >= 0.3 is 0 Å². The number of hydrogen-bond acceptors (Lipinski definition) is 1. The summed E-state index contributed by atoms with van der Waals surface area (Å²) in [6.07, 6.45) is 2.02. The van der Waals surface area contributed by atoms with Gasteiger partial charge in [0, 0.05) is 0 Å². The SMILES string of the molecule is C=Cc1ccc(-c2ccc3c4c(ccc(-c5ccc(OC(C)C)cc5)c24)-c2c-3c(-c3ccccc3)c3ccccc3c2-c2ccccc2)cc1. The van der Waals surface area contributed by atoms with Gasteiger partial charge in [-0.2, -0.15) is 0 Å². The molecule has 0 atom stereocenters. The van der Waals surface area contributed by atoms with E-state index in [9.17, 15) is 0 Å². The average molecular weight is 641 g/mol. The summed E-state index contributed by atoms with van der Waals surface area (Å²) in [7, 11) is 0. The quantitative estimate of drug-likeness (QED) is 0.168. The fourth-order valence-electron chi connectivity index (χ4n) is 7.96. The zero-order valence-electron chi connectivity index (χ0n) is 28.3. The highest BCUT2D eigenvalue weighted by Crippen LogP contribution is 2.59. The van der Waals surface area contributed by atoms with Gasteiger partial charge in [0.05, 0.1) is 6.10 Å². The zero-order valence-corrected chi connectivity index (χ0v) is 28.3. The lowest BCUT2D eigenvalue weighted by molar-refractivity contribution is 0.242. The van der Waals surface area contributed by atoms with Gasteiger partial charge in [0.25, 0.3) is 0 Å². The van der Waals surface area contributed by atoms with Crippen LogP contribution in [0.2, 0.25) is 0 Å². The van der Waals surface area contributed by atoms with Crippen LogP contribution in [0.3, 0.4) is 0 Å². The first-order chi connectivity index (χ1) is 24.6. The van der Waals surface area contributed by atoms with Gasteiger partial charge in [0.1, 0.15) is 5.75 Å². The standard InChI is InChI=1S/C49H36O/c1-4-32-19-21-33(22-20-32)38-27-29-42-47-43(30-28-39(46(38)47)34-23-25-37(26-24-34)50-31(2)3)49-45(36-15-9-6-10-16-36)41-18-12-11-17-40(41)44(48(42)49)35-13-7-5-8-14-35/h4-31H,1H2,2-3H3. The Labute approximate surface area is 293 Å². The Hall–Kier alpha value is -6.18. The van der Waals surface area contributed by atoms with E-state index in [2.05, 4.69) is 178 Å². The number of benzene rings is 8. The minimum atomic E-state index is 0.120. The van der Waals surface area contributed by atoms with Gasteiger partial charge in [0.2, 0.25) is 0 Å². The minimum Gasteiger partial charge on any atom is -0.491 e. The maximum atomic E-state index is 6.04. The molecule has 9 rings (SSSR count). The van der Waals surface area contributed by atoms with E-state index < -0.39 is 0 Å². The first kappa shape index (κ1) is 29.9. The van der Waals surface area contributed by atoms with Crippen LogP contribution in [0.1, 0.15) is 19.4 Å². The van der Waals surface area contributed by atoms with Crippen LogP contribution in [0.4, 0.5) is 0 Å². The maximum absolute atomic E-state index is 6.04. The molecule has 0 unspecified atom stereocenters. The van der Waals surface area contributed by atoms with Gasteiger partial charge in [-0.3, -0.25) is 0 Å². The lowest BCUT2D eigenvalue weighted by Crippen LogP contribution is -2.05. The fraction of sp³-hybridized carbons (Fsp3) is 0.0612. The molecule has 0 heterocycles. The Bertz CT molecular complexity index is 2470. The zero-order chi connectivity index (χ0) is 33.8. The molecule has 1 aliphatic carbocycles. The van der Waals surface area contributed by atoms with Crippen LogP contribution in [-0.4, -0.2) is 6.10 Å². The molecular formula is C49H36O. The Morgan fingerprint density at radius 2 is 0.840 bits per heavy atom. The number of rotatable bonds is 7. The van der Waals surface area contributed by atoms with Crippen molar-refractivity contribution < 1.29 is 4.74 Å². The number of ether oxygens (including phenoxy) is 1. The molecule has 0 saturated heterocycles. The summed E-state index contributed by atoms with van der Waals surface area (Å²) in [5.41, 5.74) is 16.1. The monoisotopic (exact) mass is 640 g/mol. The third-order valence-corrected chi connectivity index (χ3v) is 10.0. The molecule has 238 valence electrons. The van der Waals surface area contributed by atoms with Crippen molar-refractivity contribution in [3.63, 3.8) is 0 Å². The number of hydrogen-bond donors (Lipinski definition) is 0. The summed E-state index contributed by atoms with van der Waals surface area (Å²) in [6, 6.07) is 57.6. The molecule has 0 spiro atoms. The first-order valence-corrected chi connectivity index (χ1v) is 17.4. The van der Waals surface area contributed by atoms with Crippen LogP contribution >= 0.6 is 0 Å². The summed E-state index contributed by atoms with van der Waals surface area (Å²) in [4.78, 5) is 0. The van der Waals surface area contributed by atoms with E-state index in [0.717, 1.165) is 11.3 Å². The van der Waals surface area contributed by atoms with Gasteiger partial charge in [-0.25, -0.2) is 0 Å². The Kier molecular flexibility index (Phi) is 7.21. The highest BCUT2D eigenvalue weighted by Gasteiger charge is 2.32. The molecule has 1 nitrogen and oxygen atoms in total. The minimum absolute atomic E-state index is 0.120. The molecule has 0 bridgehead atoms. The summed E-state index contributed by atoms with van der Waals surface area (Å²) in [5, 5.41) is 5.10. The van der Waals surface area contributed by atoms with Crippen LogP contribution in [0, 0.1) is 0 Å². The van der Waals surface area contributed by atoms with E-state index in [4.69, 9.17) is 4.74 Å². The van der Waals surface area contributed by atoms with E-state index in [1.54, 1.807) is 0 Å². The van der Waals surface area contributed by atoms with Gasteiger partial charge in [-0.05, 0) is 120 Å². The van der Waals surface area contributed by atoms with E-state index in [1.165, 1.54) is 88.3 Å². The first-order valence-electron chi connectivity index (χ1n) is 17.4. The Morgan fingerprint density at radius 1 is 0.420 bits per heavy atom. The van der Waals surface area contributed by atoms with E-state index in [1.807, 2.05) is 6.08 Å². The molecule has 0 amide bonds. The van der Waals surface area contributed by atoms with E-state index in [0.29, 0.717) is 0 Å². The molecule has 0 radical (unpaired) electrons. The second-order valence-corrected chi connectivity index (χ2v) is 13.4. The van der Waals surface area contributed by atoms with Crippen molar-refractivity contribution in [2.24, 2.45) is 0 Å². The predicted octanol–water partition coefficient (Wildman–Crippen LogP) is 13.7. The highest BCUT2D eigenvalue weighted by atomic mass is 16.5. The molecule has 0 aromatic heterocycles. The lowest BCUT2D eigenvalue weighted by atomic mass is 9.82. The molecule has 0 aliphatic heterocycles. The van der Waals surface area contributed by atoms with Crippen LogP contribution in [0.15, 0.2) is 164 Å². The largest absolute Gasteiger partial charge is 0.491 e. The topological polar surface area (TPSA) is 9.23 Å². The summed E-state index contributed by atoms with van der Waals surface area (Å²) < 4.78 is 6.04. The summed E-state index contributed by atoms with van der Waals surface area (Å²) >= 11 is 0. The lowest BCUT2D eigenvalue weighted by Gasteiger charge is -2.20. The normalized spacial score (nSPS) is 11.7. The molecule has 8 aromatic rings. The molecule has 8 aromatic carbocycles. The van der Waals surface area contributed by atoms with Crippen molar-refractivity contribution in [2.45, 2.75) is 20.0 Å². The van der Waals surface area contributed by atoms with Crippen LogP contribution in [0.5, 0.6) is 5.75 Å². The van der Waals surface area contributed by atoms with Crippen molar-refractivity contribution in [2.75, 3.05) is 0 Å². The van der Waals surface area contributed by atoms with Crippen LogP contribution < -0.4 is 4.74 Å². The Morgan fingerprint density at radius 3 is 1.30 bits per heavy atom. The van der Waals surface area contributed by atoms with Gasteiger partial charge in [-0.1, -0.05) is 158 Å². The van der Waals surface area contributed by atoms with E-state index >= 15 is 0 Å². The molecule has 50 heavy (non-hydrogen) atoms. The molecule has 0 fully saturated rings. The van der Waals surface area contributed by atoms with Gasteiger partial charge in [0.15, 0.2) is 0 Å². The second-order valence-electron chi connectivity index (χ2n) is 13.4. The molecule has 0 N–H and O–H groups in total. The van der Waals surface area contributed by atoms with Crippen molar-refractivity contribution >= 4 is 27.6 Å². The van der Waals surface area contributed by atoms with E-state index in [-0.39, 0.29) is 6.10 Å². The Balaban J connectivity index is 1.43. The van der Waals surface area contributed by atoms with Crippen LogP contribution in [-0.2, 0) is 0 Å². The van der Waals surface area contributed by atoms with Crippen molar-refractivity contribution in [1.82, 2.24) is 0 Å². The molecular weight excluding hydrogens is 605 g/mol. The number of fused-ring (bicyclic) bond motifs is 4. The van der Waals surface area contributed by atoms with Crippen LogP contribution in [0.25, 0.3) is 94.4 Å². The molecule has 0 saturated carbocycles. The summed E-state index contributed by atoms with van der Waals surface area (Å²) in [5.74, 6) is 0.883. The summed E-state index contributed by atoms with van der Waals surface area (Å²) in [6.45, 7) is 8.13. The van der Waals surface area contributed by atoms with Crippen molar-refractivity contribution in [3.05, 3.63) is 170 Å². The van der Waals surface area contributed by atoms with Crippen molar-refractivity contribution in [3.8, 4) is 72.5 Å². The van der Waals surface area contributed by atoms with Gasteiger partial charge in [-0.15, -0.1) is 0 Å². The van der Waals surface area contributed by atoms with Crippen molar-refractivity contribution in [1.29, 1.82) is 0 Å². The third kappa shape index (κ3) is 4.77. The smallest absolute Gasteiger partial charge is 0.119 e. The molecule has 1 aliphatic rings. The highest BCUT2D eigenvalue weighted by molar-refractivity contribution is 6.30.